The van der Waals surface area contributed by atoms with E-state index in [2.05, 4.69) is 37.9 Å². The van der Waals surface area contributed by atoms with Crippen LogP contribution in [0.3, 0.4) is 0 Å². The first-order valence-electron chi connectivity index (χ1n) is 3.66. The van der Waals surface area contributed by atoms with Crippen LogP contribution in [-0.2, 0) is 0 Å². The fourth-order valence-electron chi connectivity index (χ4n) is 0.350. The molecule has 0 saturated carbocycles. The molecule has 0 aliphatic heterocycles. The second-order valence-electron chi connectivity index (χ2n) is 4.20. The lowest BCUT2D eigenvalue weighted by Gasteiger charge is -2.33. The summed E-state index contributed by atoms with van der Waals surface area (Å²) in [6.07, 6.45) is 0. The summed E-state index contributed by atoms with van der Waals surface area (Å²) in [6.45, 7) is 10.3. The van der Waals surface area contributed by atoms with Crippen LogP contribution in [0.15, 0.2) is 5.18 Å². The lowest BCUT2D eigenvalue weighted by molar-refractivity contribution is 0.205. The van der Waals surface area contributed by atoms with Crippen LogP contribution in [0.25, 0.3) is 0 Å². The minimum atomic E-state index is -0.166. The Balaban J connectivity index is 4.59. The molecule has 0 heterocycles. The van der Waals surface area contributed by atoms with Crippen molar-refractivity contribution in [3.05, 3.63) is 4.91 Å². The first-order valence-corrected chi connectivity index (χ1v) is 3.66. The highest BCUT2D eigenvalue weighted by Gasteiger charge is 2.30. The molecule has 0 aromatic heterocycles. The highest BCUT2D eigenvalue weighted by molar-refractivity contribution is 5.11. The van der Waals surface area contributed by atoms with E-state index >= 15 is 0 Å². The molecule has 0 spiro atoms. The lowest BCUT2D eigenvalue weighted by Crippen LogP contribution is -2.27. The van der Waals surface area contributed by atoms with E-state index in [0.717, 1.165) is 0 Å². The SMILES string of the molecule is CC(C)(C)C(C)(C)C#CN=O. The molecule has 0 atom stereocenters. The highest BCUT2D eigenvalue weighted by Crippen LogP contribution is 2.36. The molecule has 0 aromatic rings. The minimum Gasteiger partial charge on any atom is -0.135 e. The molecule has 0 unspecified atom stereocenters. The summed E-state index contributed by atoms with van der Waals surface area (Å²) in [7, 11) is 0. The molecule has 0 radical (unpaired) electrons. The third-order valence-corrected chi connectivity index (χ3v) is 2.29. The molecule has 0 saturated heterocycles. The summed E-state index contributed by atoms with van der Waals surface area (Å²) in [5.41, 5.74) is -0.0917. The van der Waals surface area contributed by atoms with Gasteiger partial charge in [-0.2, -0.15) is 0 Å². The van der Waals surface area contributed by atoms with Crippen molar-refractivity contribution in [2.75, 3.05) is 0 Å². The number of nitroso groups, excluding NO2 is 1. The lowest BCUT2D eigenvalue weighted by atomic mass is 9.70. The molecular weight excluding hydrogens is 138 g/mol. The minimum absolute atomic E-state index is 0.0741. The Labute approximate surface area is 68.4 Å². The van der Waals surface area contributed by atoms with Crippen molar-refractivity contribution in [1.82, 2.24) is 0 Å². The van der Waals surface area contributed by atoms with Crippen LogP contribution in [0.1, 0.15) is 34.6 Å². The molecular formula is C9H15NO. The molecule has 11 heavy (non-hydrogen) atoms. The molecule has 2 nitrogen and oxygen atoms in total. The second kappa shape index (κ2) is 3.04. The maximum atomic E-state index is 9.75. The van der Waals surface area contributed by atoms with E-state index in [1.54, 1.807) is 0 Å². The third kappa shape index (κ3) is 2.71. The monoisotopic (exact) mass is 153 g/mol. The van der Waals surface area contributed by atoms with Crippen LogP contribution in [-0.4, -0.2) is 0 Å². The Morgan fingerprint density at radius 3 is 1.82 bits per heavy atom. The zero-order valence-electron chi connectivity index (χ0n) is 7.86. The van der Waals surface area contributed by atoms with Crippen molar-refractivity contribution in [3.63, 3.8) is 0 Å². The first kappa shape index (κ1) is 10.2. The summed E-state index contributed by atoms with van der Waals surface area (Å²) in [5.74, 6) is 2.82. The predicted octanol–water partition coefficient (Wildman–Crippen LogP) is 2.79. The molecule has 2 heteroatoms. The van der Waals surface area contributed by atoms with Crippen molar-refractivity contribution in [3.8, 4) is 12.0 Å². The molecule has 62 valence electrons. The summed E-state index contributed by atoms with van der Waals surface area (Å²) in [6, 6.07) is 2.21. The summed E-state index contributed by atoms with van der Waals surface area (Å²) in [4.78, 5) is 9.75. The summed E-state index contributed by atoms with van der Waals surface area (Å²) in [5, 5.41) is 2.52. The number of nitrogens with zero attached hydrogens (tertiary/aromatic N) is 1. The average Bonchev–Trinajstić information content (AvgIpc) is 1.81. The van der Waals surface area contributed by atoms with Crippen LogP contribution in [0.4, 0.5) is 0 Å². The van der Waals surface area contributed by atoms with E-state index in [1.807, 2.05) is 13.8 Å². The fourth-order valence-corrected chi connectivity index (χ4v) is 0.350. The van der Waals surface area contributed by atoms with Crippen molar-refractivity contribution in [1.29, 1.82) is 0 Å². The molecule has 0 aromatic carbocycles. The van der Waals surface area contributed by atoms with Crippen LogP contribution < -0.4 is 0 Å². The topological polar surface area (TPSA) is 29.4 Å². The second-order valence-corrected chi connectivity index (χ2v) is 4.20. The van der Waals surface area contributed by atoms with E-state index in [9.17, 15) is 4.91 Å². The van der Waals surface area contributed by atoms with Gasteiger partial charge in [-0.1, -0.05) is 26.7 Å². The van der Waals surface area contributed by atoms with Crippen molar-refractivity contribution in [2.45, 2.75) is 34.6 Å². The van der Waals surface area contributed by atoms with Gasteiger partial charge in [-0.25, -0.2) is 0 Å². The van der Waals surface area contributed by atoms with Crippen LogP contribution in [0.2, 0.25) is 0 Å². The molecule has 0 fully saturated rings. The van der Waals surface area contributed by atoms with E-state index in [4.69, 9.17) is 0 Å². The van der Waals surface area contributed by atoms with Gasteiger partial charge in [0.05, 0.1) is 6.04 Å². The number of rotatable bonds is 0. The summed E-state index contributed by atoms with van der Waals surface area (Å²) < 4.78 is 0. The van der Waals surface area contributed by atoms with Crippen LogP contribution >= 0.6 is 0 Å². The van der Waals surface area contributed by atoms with Gasteiger partial charge in [0.2, 0.25) is 0 Å². The van der Waals surface area contributed by atoms with Gasteiger partial charge < -0.3 is 0 Å². The Kier molecular flexibility index (Phi) is 2.81. The number of hydrogen-bond acceptors (Lipinski definition) is 2. The molecule has 0 aliphatic carbocycles. The van der Waals surface area contributed by atoms with Gasteiger partial charge in [-0.05, 0) is 19.3 Å². The maximum absolute atomic E-state index is 9.75. The van der Waals surface area contributed by atoms with E-state index in [-0.39, 0.29) is 10.8 Å². The van der Waals surface area contributed by atoms with E-state index in [1.165, 1.54) is 0 Å². The highest BCUT2D eigenvalue weighted by atomic mass is 16.2. The quantitative estimate of drug-likeness (QED) is 0.388. The van der Waals surface area contributed by atoms with Gasteiger partial charge in [0.15, 0.2) is 0 Å². The van der Waals surface area contributed by atoms with Gasteiger partial charge in [0.1, 0.15) is 0 Å². The normalized spacial score (nSPS) is 11.7. The third-order valence-electron chi connectivity index (χ3n) is 2.29. The zero-order valence-corrected chi connectivity index (χ0v) is 7.86. The van der Waals surface area contributed by atoms with Crippen molar-refractivity contribution >= 4 is 0 Å². The Morgan fingerprint density at radius 2 is 1.55 bits per heavy atom. The molecule has 0 N–H and O–H groups in total. The van der Waals surface area contributed by atoms with Crippen molar-refractivity contribution in [2.24, 2.45) is 16.0 Å². The summed E-state index contributed by atoms with van der Waals surface area (Å²) >= 11 is 0. The standard InChI is InChI=1S/C9H15NO/c1-8(2,3)9(4,5)6-7-10-11/h1-5H3. The molecule has 0 amide bonds. The van der Waals surface area contributed by atoms with Gasteiger partial charge in [0, 0.05) is 10.6 Å². The van der Waals surface area contributed by atoms with Crippen LogP contribution in [0, 0.1) is 27.7 Å². The van der Waals surface area contributed by atoms with Gasteiger partial charge in [-0.3, -0.25) is 0 Å². The van der Waals surface area contributed by atoms with Crippen LogP contribution in [0.5, 0.6) is 0 Å². The van der Waals surface area contributed by atoms with E-state index < -0.39 is 0 Å². The Morgan fingerprint density at radius 1 is 1.09 bits per heavy atom. The zero-order chi connectivity index (χ0) is 9.12. The van der Waals surface area contributed by atoms with Gasteiger partial charge in [0.25, 0.3) is 0 Å². The molecule has 0 bridgehead atoms. The fraction of sp³-hybridized carbons (Fsp3) is 0.778. The Hall–Kier alpha value is -0.840. The van der Waals surface area contributed by atoms with E-state index in [0.29, 0.717) is 0 Å². The molecule has 0 aliphatic rings. The first-order chi connectivity index (χ1) is 4.81. The largest absolute Gasteiger partial charge is 0.135 e. The Bertz CT molecular complexity index is 200. The van der Waals surface area contributed by atoms with Gasteiger partial charge in [-0.15, -0.1) is 4.91 Å². The number of hydrogen-bond donors (Lipinski definition) is 0. The average molecular weight is 153 g/mol. The van der Waals surface area contributed by atoms with Crippen molar-refractivity contribution < 1.29 is 0 Å². The maximum Gasteiger partial charge on any atom is 0.0811 e. The predicted molar refractivity (Wildman–Crippen MR) is 46.8 cm³/mol. The molecule has 0 rings (SSSR count). The van der Waals surface area contributed by atoms with Gasteiger partial charge >= 0.3 is 0 Å². The smallest absolute Gasteiger partial charge is 0.0811 e.